The molecule has 4 rings (SSSR count). The third-order valence-electron chi connectivity index (χ3n) is 3.96. The molecule has 0 saturated heterocycles. The van der Waals surface area contributed by atoms with E-state index in [1.807, 2.05) is 50.5 Å². The number of hydrogen-bond donors (Lipinski definition) is 1. The predicted molar refractivity (Wildman–Crippen MR) is 91.3 cm³/mol. The number of urea groups is 1. The van der Waals surface area contributed by atoms with Crippen LogP contribution in [-0.2, 0) is 13.6 Å². The minimum Gasteiger partial charge on any atom is -0.478 e. The zero-order valence-corrected chi connectivity index (χ0v) is 13.5. The average Bonchev–Trinajstić information content (AvgIpc) is 2.93. The Hall–Kier alpha value is -3.09. The van der Waals surface area contributed by atoms with Crippen molar-refractivity contribution in [3.63, 3.8) is 0 Å². The van der Waals surface area contributed by atoms with Gasteiger partial charge in [-0.05, 0) is 31.2 Å². The molecule has 0 fully saturated rings. The lowest BCUT2D eigenvalue weighted by Gasteiger charge is -2.28. The van der Waals surface area contributed by atoms with Crippen molar-refractivity contribution >= 4 is 28.4 Å². The normalized spacial score (nSPS) is 13.8. The lowest BCUT2D eigenvalue weighted by atomic mass is 10.1. The molecule has 0 atom stereocenters. The van der Waals surface area contributed by atoms with Crippen LogP contribution < -0.4 is 15.0 Å². The molecule has 7 nitrogen and oxygen atoms in total. The molecule has 0 spiro atoms. The highest BCUT2D eigenvalue weighted by Crippen LogP contribution is 2.29. The molecule has 3 aromatic rings. The van der Waals surface area contributed by atoms with Crippen LogP contribution in [0.5, 0.6) is 5.88 Å². The molecular weight excluding hydrogens is 306 g/mol. The summed E-state index contributed by atoms with van der Waals surface area (Å²) in [7, 11) is 1.88. The molecule has 7 heteroatoms. The molecule has 1 N–H and O–H groups in total. The first-order valence-corrected chi connectivity index (χ1v) is 7.78. The molecule has 0 saturated carbocycles. The molecule has 0 bridgehead atoms. The van der Waals surface area contributed by atoms with Gasteiger partial charge in [0.05, 0.1) is 18.7 Å². The number of aryl methyl sites for hydroxylation is 1. The topological polar surface area (TPSA) is 72.3 Å². The highest BCUT2D eigenvalue weighted by Gasteiger charge is 2.25. The fourth-order valence-corrected chi connectivity index (χ4v) is 2.86. The first-order valence-electron chi connectivity index (χ1n) is 7.78. The molecule has 1 aliphatic rings. The number of carbonyl (C=O) groups excluding carboxylic acids is 1. The fourth-order valence-electron chi connectivity index (χ4n) is 2.86. The zero-order valence-electron chi connectivity index (χ0n) is 13.5. The van der Waals surface area contributed by atoms with Gasteiger partial charge in [-0.1, -0.05) is 0 Å². The molecule has 0 radical (unpaired) electrons. The summed E-state index contributed by atoms with van der Waals surface area (Å²) >= 11 is 0. The summed E-state index contributed by atoms with van der Waals surface area (Å²) in [6.07, 6.45) is 1.94. The van der Waals surface area contributed by atoms with Gasteiger partial charge >= 0.3 is 6.03 Å². The van der Waals surface area contributed by atoms with Crippen molar-refractivity contribution in [1.29, 1.82) is 0 Å². The highest BCUT2D eigenvalue weighted by molar-refractivity contribution is 6.04. The number of ether oxygens (including phenoxy) is 1. The maximum atomic E-state index is 12.5. The minimum atomic E-state index is -0.202. The van der Waals surface area contributed by atoms with E-state index in [0.717, 1.165) is 22.2 Å². The summed E-state index contributed by atoms with van der Waals surface area (Å²) in [6.45, 7) is 2.90. The van der Waals surface area contributed by atoms with Crippen LogP contribution in [0.2, 0.25) is 0 Å². The number of carbonyl (C=O) groups is 1. The summed E-state index contributed by atoms with van der Waals surface area (Å²) in [5.74, 6) is 1.08. The molecule has 122 valence electrons. The van der Waals surface area contributed by atoms with Crippen molar-refractivity contribution in [3.8, 4) is 5.88 Å². The number of nitrogens with one attached hydrogen (secondary N) is 1. The Morgan fingerprint density at radius 2 is 2.17 bits per heavy atom. The molecule has 2 amide bonds. The predicted octanol–water partition coefficient (Wildman–Crippen LogP) is 2.92. The van der Waals surface area contributed by atoms with E-state index in [1.54, 1.807) is 9.58 Å². The van der Waals surface area contributed by atoms with Gasteiger partial charge in [-0.25, -0.2) is 4.79 Å². The third-order valence-corrected chi connectivity index (χ3v) is 3.96. The molecule has 0 aliphatic carbocycles. The second-order valence-electron chi connectivity index (χ2n) is 5.65. The van der Waals surface area contributed by atoms with Crippen LogP contribution in [0.25, 0.3) is 10.9 Å². The van der Waals surface area contributed by atoms with Crippen LogP contribution in [0.15, 0.2) is 36.5 Å². The maximum Gasteiger partial charge on any atom is 0.327 e. The summed E-state index contributed by atoms with van der Waals surface area (Å²) in [6, 6.07) is 9.35. The number of hydrogen-bond acceptors (Lipinski definition) is 4. The van der Waals surface area contributed by atoms with Crippen molar-refractivity contribution in [2.24, 2.45) is 7.05 Å². The number of rotatable bonds is 3. The summed E-state index contributed by atoms with van der Waals surface area (Å²) in [4.78, 5) is 18.5. The Morgan fingerprint density at radius 3 is 3.00 bits per heavy atom. The number of benzene rings is 1. The van der Waals surface area contributed by atoms with Gasteiger partial charge in [-0.3, -0.25) is 14.9 Å². The van der Waals surface area contributed by atoms with Crippen LogP contribution in [0, 0.1) is 0 Å². The van der Waals surface area contributed by atoms with E-state index in [4.69, 9.17) is 4.74 Å². The van der Waals surface area contributed by atoms with Crippen LogP contribution in [0.3, 0.4) is 0 Å². The highest BCUT2D eigenvalue weighted by atomic mass is 16.5. The Balaban J connectivity index is 1.67. The number of amides is 2. The third kappa shape index (κ3) is 2.44. The molecule has 24 heavy (non-hydrogen) atoms. The number of fused-ring (bicyclic) bond motifs is 2. The van der Waals surface area contributed by atoms with Crippen LogP contribution in [-0.4, -0.2) is 27.4 Å². The Morgan fingerprint density at radius 1 is 1.29 bits per heavy atom. The van der Waals surface area contributed by atoms with Crippen molar-refractivity contribution in [2.75, 3.05) is 16.8 Å². The summed E-state index contributed by atoms with van der Waals surface area (Å²) < 4.78 is 7.15. The van der Waals surface area contributed by atoms with Gasteiger partial charge in [0.25, 0.3) is 0 Å². The quantitative estimate of drug-likeness (QED) is 0.804. The van der Waals surface area contributed by atoms with Crippen molar-refractivity contribution < 1.29 is 9.53 Å². The van der Waals surface area contributed by atoms with E-state index in [0.29, 0.717) is 24.8 Å². The summed E-state index contributed by atoms with van der Waals surface area (Å²) in [5.41, 5.74) is 2.68. The molecule has 3 heterocycles. The van der Waals surface area contributed by atoms with Crippen molar-refractivity contribution in [1.82, 2.24) is 14.8 Å². The summed E-state index contributed by atoms with van der Waals surface area (Å²) in [5, 5.41) is 8.19. The van der Waals surface area contributed by atoms with E-state index < -0.39 is 0 Å². The smallest absolute Gasteiger partial charge is 0.327 e. The van der Waals surface area contributed by atoms with Crippen LogP contribution in [0.1, 0.15) is 12.5 Å². The lowest BCUT2D eigenvalue weighted by molar-refractivity contribution is 0.255. The molecular formula is C17H17N5O2. The first kappa shape index (κ1) is 14.5. The number of nitrogens with zero attached hydrogens (tertiary/aromatic N) is 4. The largest absolute Gasteiger partial charge is 0.478 e. The van der Waals surface area contributed by atoms with Crippen LogP contribution in [0.4, 0.5) is 16.3 Å². The van der Waals surface area contributed by atoms with Gasteiger partial charge in [-0.2, -0.15) is 10.1 Å². The maximum absolute atomic E-state index is 12.5. The number of anilines is 2. The fraction of sp³-hybridized carbons (Fsp3) is 0.235. The Labute approximate surface area is 138 Å². The van der Waals surface area contributed by atoms with Crippen molar-refractivity contribution in [2.45, 2.75) is 13.5 Å². The zero-order chi connectivity index (χ0) is 16.7. The number of aromatic nitrogens is 3. The standard InChI is InChI=1S/C17H17N5O2/c1-3-24-15-7-4-11-10-22(17(23)19-16(11)18-15)13-5-6-14-12(8-13)9-21(2)20-14/h4-9H,3,10H2,1-2H3,(H,18,19,23). The molecule has 2 aromatic heterocycles. The van der Waals surface area contributed by atoms with Gasteiger partial charge in [0.15, 0.2) is 0 Å². The number of pyridine rings is 1. The van der Waals surface area contributed by atoms with Gasteiger partial charge < -0.3 is 4.74 Å². The lowest BCUT2D eigenvalue weighted by Crippen LogP contribution is -2.39. The monoisotopic (exact) mass is 323 g/mol. The second-order valence-corrected chi connectivity index (χ2v) is 5.65. The van der Waals surface area contributed by atoms with Crippen LogP contribution >= 0.6 is 0 Å². The van der Waals surface area contributed by atoms with E-state index in [9.17, 15) is 4.79 Å². The van der Waals surface area contributed by atoms with Gasteiger partial charge in [0, 0.05) is 35.9 Å². The SMILES string of the molecule is CCOc1ccc2c(n1)NC(=O)N(c1ccc3nn(C)cc3c1)C2. The van der Waals surface area contributed by atoms with Gasteiger partial charge in [0.2, 0.25) is 5.88 Å². The molecule has 1 aromatic carbocycles. The van der Waals surface area contributed by atoms with E-state index in [-0.39, 0.29) is 6.03 Å². The Kier molecular flexibility index (Phi) is 3.34. The Bertz CT molecular complexity index is 934. The van der Waals surface area contributed by atoms with Gasteiger partial charge in [-0.15, -0.1) is 0 Å². The molecule has 1 aliphatic heterocycles. The minimum absolute atomic E-state index is 0.202. The average molecular weight is 323 g/mol. The van der Waals surface area contributed by atoms with E-state index >= 15 is 0 Å². The second kappa shape index (κ2) is 5.52. The molecule has 0 unspecified atom stereocenters. The van der Waals surface area contributed by atoms with Gasteiger partial charge in [0.1, 0.15) is 5.82 Å². The van der Waals surface area contributed by atoms with E-state index in [1.165, 1.54) is 0 Å². The van der Waals surface area contributed by atoms with Crippen molar-refractivity contribution in [3.05, 3.63) is 42.1 Å². The van der Waals surface area contributed by atoms with E-state index in [2.05, 4.69) is 15.4 Å². The first-order chi connectivity index (χ1) is 11.6.